The van der Waals surface area contributed by atoms with Gasteiger partial charge >= 0.3 is 21.4 Å². The number of hydrogen-bond donors (Lipinski definition) is 0. The maximum atomic E-state index is 13.8. The van der Waals surface area contributed by atoms with E-state index < -0.39 is 43.8 Å². The Bertz CT molecular complexity index is 3970. The van der Waals surface area contributed by atoms with Crippen molar-refractivity contribution in [3.05, 3.63) is 218 Å². The van der Waals surface area contributed by atoms with Crippen LogP contribution in [0.4, 0.5) is 0 Å². The fourth-order valence-corrected chi connectivity index (χ4v) is 12.0. The van der Waals surface area contributed by atoms with Gasteiger partial charge in [-0.25, -0.2) is 0 Å². The molecule has 17 heteroatoms. The SMILES string of the molecule is COc1cc2c(cc1OCc1cccc(B3Oc4ccc5c(c4O3)C(=O)c3ccccc3C5=O)c1)Cc1cc(OC)c(OCc3cccc(B4OC(C)(C)C(C)(C)O4)c3)cc1Cc1cc(OC)c(OCc3cccc(B4OC(C)(C)C(C)(C)O4)c3)cc1C2. The van der Waals surface area contributed by atoms with Crippen molar-refractivity contribution in [2.75, 3.05) is 21.3 Å². The minimum absolute atomic E-state index is 0.176. The van der Waals surface area contributed by atoms with Crippen LogP contribution in [0.1, 0.15) is 137 Å². The van der Waals surface area contributed by atoms with E-state index in [9.17, 15) is 9.59 Å². The second kappa shape index (κ2) is 22.6. The summed E-state index contributed by atoms with van der Waals surface area (Å²) in [4.78, 5) is 27.4. The molecule has 0 atom stereocenters. The van der Waals surface area contributed by atoms with Crippen LogP contribution in [-0.4, -0.2) is 76.7 Å². The van der Waals surface area contributed by atoms with Crippen LogP contribution in [0, 0.1) is 0 Å². The van der Waals surface area contributed by atoms with E-state index in [0.29, 0.717) is 81.7 Å². The van der Waals surface area contributed by atoms with Crippen LogP contribution in [0.3, 0.4) is 0 Å². The fourth-order valence-electron chi connectivity index (χ4n) is 12.0. The maximum Gasteiger partial charge on any atom is 0.632 e. The Labute approximate surface area is 515 Å². The van der Waals surface area contributed by atoms with Gasteiger partial charge in [0.1, 0.15) is 25.6 Å². The fraction of sp³-hybridized carbons (Fsp3) is 0.296. The first kappa shape index (κ1) is 58.5. The number of fused-ring (bicyclic) bond motifs is 7. The van der Waals surface area contributed by atoms with Crippen LogP contribution in [0.2, 0.25) is 0 Å². The van der Waals surface area contributed by atoms with Crippen molar-refractivity contribution in [2.45, 2.75) is 117 Å². The normalized spacial score (nSPS) is 17.1. The first-order valence-corrected chi connectivity index (χ1v) is 29.8. The summed E-state index contributed by atoms with van der Waals surface area (Å²) < 4.78 is 76.9. The Morgan fingerprint density at radius 2 is 0.727 bits per heavy atom. The largest absolute Gasteiger partial charge is 0.632 e. The summed E-state index contributed by atoms with van der Waals surface area (Å²) >= 11 is 0. The molecule has 0 N–H and O–H groups in total. The molecule has 14 nitrogen and oxygen atoms in total. The number of ether oxygens (including phenoxy) is 6. The molecule has 5 aliphatic rings. The smallest absolute Gasteiger partial charge is 0.519 e. The number of carbonyl (C=O) groups excluding carboxylic acids is 2. The molecule has 3 aliphatic heterocycles. The molecule has 0 amide bonds. The molecule has 8 aromatic carbocycles. The standard InChI is InChI=1S/C71H69B3O14/c1-68(2)69(3,4)86-73(85-68)52-21-15-18-43(28-52)40-81-62-37-49-31-45-33-58(77-9)61(80-39-42-17-14-20-51(27-42)72-83-57-26-25-56-64(67(57)84-72)66(76)55-24-13-12-23-54(55)65(56)75)36-48(45)30-46-34-59(78-10)63(38-50(46)32-47(49)35-60(62)79-11)82-41-44-19-16-22-53(29-44)74-87-70(5,6)71(7,8)88-74/h12-29,33-38H,30-32,39-41H2,1-11H3. The molecule has 0 unspecified atom stereocenters. The van der Waals surface area contributed by atoms with E-state index in [-0.39, 0.29) is 42.7 Å². The number of methoxy groups -OCH3 is 3. The molecule has 0 saturated carbocycles. The number of rotatable bonds is 15. The van der Waals surface area contributed by atoms with Crippen molar-refractivity contribution >= 4 is 49.3 Å². The van der Waals surface area contributed by atoms with E-state index in [4.69, 9.17) is 56.3 Å². The van der Waals surface area contributed by atoms with Gasteiger partial charge < -0.3 is 56.3 Å². The summed E-state index contributed by atoms with van der Waals surface area (Å²) in [5.74, 6) is 3.67. The summed E-state index contributed by atoms with van der Waals surface area (Å²) in [7, 11) is 3.09. The highest BCUT2D eigenvalue weighted by Gasteiger charge is 2.53. The van der Waals surface area contributed by atoms with Crippen LogP contribution in [0.5, 0.6) is 46.0 Å². The van der Waals surface area contributed by atoms with Crippen molar-refractivity contribution in [2.24, 2.45) is 0 Å². The van der Waals surface area contributed by atoms with Crippen LogP contribution < -0.4 is 54.1 Å². The molecule has 0 aromatic heterocycles. The predicted molar refractivity (Wildman–Crippen MR) is 338 cm³/mol. The Hall–Kier alpha value is -8.47. The third kappa shape index (κ3) is 10.9. The molecule has 2 saturated heterocycles. The molecular formula is C71H69B3O14. The minimum atomic E-state index is -0.870. The zero-order valence-electron chi connectivity index (χ0n) is 51.5. The van der Waals surface area contributed by atoms with Gasteiger partial charge in [0.2, 0.25) is 0 Å². The second-order valence-corrected chi connectivity index (χ2v) is 25.2. The molecule has 88 heavy (non-hydrogen) atoms. The van der Waals surface area contributed by atoms with Gasteiger partial charge in [-0.2, -0.15) is 0 Å². The second-order valence-electron chi connectivity index (χ2n) is 25.2. The molecule has 2 fully saturated rings. The van der Waals surface area contributed by atoms with Crippen molar-refractivity contribution < 1.29 is 65.9 Å². The molecular weight excluding hydrogens is 1110 g/mol. The average Bonchev–Trinajstić information content (AvgIpc) is 1.44. The molecule has 3 heterocycles. The average molecular weight is 1180 g/mol. The van der Waals surface area contributed by atoms with Gasteiger partial charge in [-0.3, -0.25) is 9.59 Å². The Morgan fingerprint density at radius 1 is 0.375 bits per heavy atom. The van der Waals surface area contributed by atoms with Gasteiger partial charge in [-0.15, -0.1) is 0 Å². The van der Waals surface area contributed by atoms with Crippen LogP contribution in [0.25, 0.3) is 0 Å². The third-order valence-corrected chi connectivity index (χ3v) is 18.4. The van der Waals surface area contributed by atoms with Gasteiger partial charge in [-0.1, -0.05) is 97.1 Å². The molecule has 0 bridgehead atoms. The highest BCUT2D eigenvalue weighted by molar-refractivity contribution is 6.64. The molecule has 13 rings (SSSR count). The lowest BCUT2D eigenvalue weighted by Crippen LogP contribution is -2.41. The van der Waals surface area contributed by atoms with E-state index in [1.54, 1.807) is 57.7 Å². The molecule has 0 radical (unpaired) electrons. The van der Waals surface area contributed by atoms with E-state index in [0.717, 1.165) is 61.0 Å². The van der Waals surface area contributed by atoms with Gasteiger partial charge in [0.05, 0.1) is 49.3 Å². The van der Waals surface area contributed by atoms with Gasteiger partial charge in [0.25, 0.3) is 0 Å². The highest BCUT2D eigenvalue weighted by atomic mass is 16.7. The predicted octanol–water partition coefficient (Wildman–Crippen LogP) is 11.1. The monoisotopic (exact) mass is 1180 g/mol. The summed E-state index contributed by atoms with van der Waals surface area (Å²) in [6.45, 7) is 17.1. The van der Waals surface area contributed by atoms with Crippen LogP contribution in [-0.2, 0) is 57.7 Å². The first-order valence-electron chi connectivity index (χ1n) is 29.8. The summed E-state index contributed by atoms with van der Waals surface area (Å²) in [5.41, 5.74) is 10.8. The van der Waals surface area contributed by atoms with Crippen LogP contribution in [0.15, 0.2) is 146 Å². The highest BCUT2D eigenvalue weighted by Crippen LogP contribution is 2.45. The zero-order valence-corrected chi connectivity index (χ0v) is 51.5. The number of ketones is 2. The van der Waals surface area contributed by atoms with E-state index in [1.807, 2.05) is 60.7 Å². The van der Waals surface area contributed by atoms with Crippen LogP contribution >= 0.6 is 0 Å². The summed E-state index contributed by atoms with van der Waals surface area (Å²) in [6.07, 6.45) is 1.61. The lowest BCUT2D eigenvalue weighted by molar-refractivity contribution is 0.00578. The first-order chi connectivity index (χ1) is 42.2. The molecule has 0 spiro atoms. The maximum absolute atomic E-state index is 13.8. The topological polar surface area (TPSA) is 145 Å². The van der Waals surface area contributed by atoms with Gasteiger partial charge in [0.15, 0.2) is 51.8 Å². The molecule has 446 valence electrons. The Balaban J connectivity index is 0.805. The van der Waals surface area contributed by atoms with E-state index >= 15 is 0 Å². The lowest BCUT2D eigenvalue weighted by atomic mass is 9.78. The number of hydrogen-bond acceptors (Lipinski definition) is 14. The minimum Gasteiger partial charge on any atom is -0.519 e. The van der Waals surface area contributed by atoms with E-state index in [1.165, 1.54) is 0 Å². The molecule has 8 aromatic rings. The van der Waals surface area contributed by atoms with Crippen molar-refractivity contribution in [1.29, 1.82) is 0 Å². The van der Waals surface area contributed by atoms with Gasteiger partial charge in [-0.05, 0) is 184 Å². The van der Waals surface area contributed by atoms with Gasteiger partial charge in [0, 0.05) is 22.2 Å². The zero-order chi connectivity index (χ0) is 61.4. The molecule has 2 aliphatic carbocycles. The lowest BCUT2D eigenvalue weighted by Gasteiger charge is -2.32. The van der Waals surface area contributed by atoms with E-state index in [2.05, 4.69) is 104 Å². The van der Waals surface area contributed by atoms with Crippen molar-refractivity contribution in [3.8, 4) is 46.0 Å². The van der Waals surface area contributed by atoms with Crippen molar-refractivity contribution in [1.82, 2.24) is 0 Å². The summed E-state index contributed by atoms with van der Waals surface area (Å²) in [6, 6.07) is 46.7. The third-order valence-electron chi connectivity index (χ3n) is 18.4. The number of benzene rings is 8. The summed E-state index contributed by atoms with van der Waals surface area (Å²) in [5, 5.41) is 0. The Morgan fingerprint density at radius 3 is 1.10 bits per heavy atom. The quantitative estimate of drug-likeness (QED) is 0.0898. The Kier molecular flexibility index (Phi) is 15.0. The van der Waals surface area contributed by atoms with Crippen molar-refractivity contribution in [3.63, 3.8) is 0 Å². The number of carbonyl (C=O) groups is 2.